The zero-order valence-corrected chi connectivity index (χ0v) is 13.2. The highest BCUT2D eigenvalue weighted by atomic mass is 35.5. The zero-order chi connectivity index (χ0) is 15.5. The van der Waals surface area contributed by atoms with Crippen LogP contribution in [-0.4, -0.2) is 15.0 Å². The van der Waals surface area contributed by atoms with Gasteiger partial charge in [0, 0.05) is 5.02 Å². The normalized spacial score (nSPS) is 11.4. The van der Waals surface area contributed by atoms with E-state index >= 15 is 0 Å². The van der Waals surface area contributed by atoms with E-state index in [-0.39, 0.29) is 4.90 Å². The van der Waals surface area contributed by atoms with Crippen LogP contribution in [0.3, 0.4) is 0 Å². The minimum atomic E-state index is -3.62. The maximum atomic E-state index is 12.4. The molecule has 2 aromatic carbocycles. The van der Waals surface area contributed by atoms with Gasteiger partial charge in [0.25, 0.3) is 10.0 Å². The van der Waals surface area contributed by atoms with Crippen LogP contribution in [0.2, 0.25) is 5.02 Å². The number of halogens is 1. The Hall–Kier alpha value is -1.56. The van der Waals surface area contributed by atoms with E-state index in [1.54, 1.807) is 49.4 Å². The first-order chi connectivity index (χ1) is 9.94. The highest BCUT2D eigenvalue weighted by Gasteiger charge is 2.15. The first-order valence-corrected chi connectivity index (χ1v) is 8.37. The molecule has 112 valence electrons. The fourth-order valence-corrected chi connectivity index (χ4v) is 3.22. The minimum Gasteiger partial charge on any atom is -0.330 e. The molecule has 0 aliphatic carbocycles. The third-order valence-electron chi connectivity index (χ3n) is 3.18. The van der Waals surface area contributed by atoms with Crippen molar-refractivity contribution in [2.45, 2.75) is 18.2 Å². The van der Waals surface area contributed by atoms with Crippen molar-refractivity contribution in [3.63, 3.8) is 0 Å². The van der Waals surface area contributed by atoms with Gasteiger partial charge in [-0.2, -0.15) is 0 Å². The molecule has 4 nitrogen and oxygen atoms in total. The summed E-state index contributed by atoms with van der Waals surface area (Å²) in [7, 11) is -3.62. The van der Waals surface area contributed by atoms with E-state index in [1.165, 1.54) is 0 Å². The number of hydrogen-bond acceptors (Lipinski definition) is 3. The summed E-state index contributed by atoms with van der Waals surface area (Å²) in [5, 5.41) is 0.522. The Morgan fingerprint density at radius 2 is 1.81 bits per heavy atom. The van der Waals surface area contributed by atoms with Gasteiger partial charge in [0.05, 0.1) is 10.6 Å². The van der Waals surface area contributed by atoms with Gasteiger partial charge in [0.15, 0.2) is 0 Å². The lowest BCUT2D eigenvalue weighted by molar-refractivity contribution is 0.601. The van der Waals surface area contributed by atoms with Gasteiger partial charge >= 0.3 is 0 Å². The van der Waals surface area contributed by atoms with Crippen molar-refractivity contribution in [2.24, 2.45) is 5.73 Å². The largest absolute Gasteiger partial charge is 0.330 e. The highest BCUT2D eigenvalue weighted by Crippen LogP contribution is 2.25. The van der Waals surface area contributed by atoms with Crippen LogP contribution in [0.1, 0.15) is 11.1 Å². The van der Waals surface area contributed by atoms with E-state index in [9.17, 15) is 8.42 Å². The highest BCUT2D eigenvalue weighted by molar-refractivity contribution is 7.92. The third-order valence-corrected chi connectivity index (χ3v) is 4.97. The van der Waals surface area contributed by atoms with Crippen LogP contribution < -0.4 is 10.5 Å². The molecular weight excluding hydrogens is 308 g/mol. The summed E-state index contributed by atoms with van der Waals surface area (Å²) < 4.78 is 27.3. The van der Waals surface area contributed by atoms with E-state index in [2.05, 4.69) is 4.72 Å². The van der Waals surface area contributed by atoms with Crippen molar-refractivity contribution in [1.82, 2.24) is 0 Å². The Bertz CT molecular complexity index is 728. The van der Waals surface area contributed by atoms with Crippen molar-refractivity contribution >= 4 is 27.3 Å². The maximum absolute atomic E-state index is 12.4. The molecule has 0 spiro atoms. The minimum absolute atomic E-state index is 0.211. The fourth-order valence-electron chi connectivity index (χ4n) is 1.92. The Morgan fingerprint density at radius 1 is 1.14 bits per heavy atom. The average Bonchev–Trinajstić information content (AvgIpc) is 2.45. The second kappa shape index (κ2) is 6.47. The zero-order valence-electron chi connectivity index (χ0n) is 11.6. The van der Waals surface area contributed by atoms with Gasteiger partial charge in [-0.3, -0.25) is 4.72 Å². The Labute approximate surface area is 130 Å². The van der Waals surface area contributed by atoms with Crippen LogP contribution in [0.5, 0.6) is 0 Å². The summed E-state index contributed by atoms with van der Waals surface area (Å²) in [5.74, 6) is 0. The maximum Gasteiger partial charge on any atom is 0.261 e. The second-order valence-electron chi connectivity index (χ2n) is 4.70. The molecule has 3 N–H and O–H groups in total. The predicted molar refractivity (Wildman–Crippen MR) is 86.2 cm³/mol. The summed E-state index contributed by atoms with van der Waals surface area (Å²) in [6.07, 6.45) is 0.723. The van der Waals surface area contributed by atoms with Crippen molar-refractivity contribution in [2.75, 3.05) is 11.3 Å². The topological polar surface area (TPSA) is 72.2 Å². The molecule has 21 heavy (non-hydrogen) atoms. The Morgan fingerprint density at radius 3 is 2.43 bits per heavy atom. The van der Waals surface area contributed by atoms with Gasteiger partial charge in [-0.25, -0.2) is 8.42 Å². The molecule has 0 heterocycles. The number of anilines is 1. The SMILES string of the molecule is Cc1c(Cl)cccc1NS(=O)(=O)c1ccc(CCN)cc1. The predicted octanol–water partition coefficient (Wildman–Crippen LogP) is 2.95. The van der Waals surface area contributed by atoms with E-state index in [1.807, 2.05) is 0 Å². The molecule has 0 saturated carbocycles. The van der Waals surface area contributed by atoms with Crippen molar-refractivity contribution in [3.8, 4) is 0 Å². The Kier molecular flexibility index (Phi) is 4.88. The molecule has 0 aromatic heterocycles. The number of sulfonamides is 1. The van der Waals surface area contributed by atoms with Gasteiger partial charge in [-0.05, 0) is 55.3 Å². The van der Waals surface area contributed by atoms with Gasteiger partial charge in [0.2, 0.25) is 0 Å². The summed E-state index contributed by atoms with van der Waals surface area (Å²) in [6, 6.07) is 11.8. The summed E-state index contributed by atoms with van der Waals surface area (Å²) in [4.78, 5) is 0.211. The van der Waals surface area contributed by atoms with Gasteiger partial charge < -0.3 is 5.73 Å². The second-order valence-corrected chi connectivity index (χ2v) is 6.79. The fraction of sp³-hybridized carbons (Fsp3) is 0.200. The molecule has 0 bridgehead atoms. The van der Waals surface area contributed by atoms with Gasteiger partial charge in [0.1, 0.15) is 0 Å². The summed E-state index contributed by atoms with van der Waals surface area (Å²) in [6.45, 7) is 2.30. The first kappa shape index (κ1) is 15.8. The van der Waals surface area contributed by atoms with Crippen LogP contribution in [0.15, 0.2) is 47.4 Å². The van der Waals surface area contributed by atoms with Crippen LogP contribution in [0.25, 0.3) is 0 Å². The lowest BCUT2D eigenvalue weighted by atomic mass is 10.2. The molecule has 0 aliphatic heterocycles. The molecule has 0 amide bonds. The van der Waals surface area contributed by atoms with Crippen LogP contribution in [-0.2, 0) is 16.4 Å². The lowest BCUT2D eigenvalue weighted by Gasteiger charge is -2.11. The number of benzene rings is 2. The number of rotatable bonds is 5. The summed E-state index contributed by atoms with van der Waals surface area (Å²) in [5.41, 5.74) is 7.66. The van der Waals surface area contributed by atoms with E-state index in [0.29, 0.717) is 22.8 Å². The molecule has 0 fully saturated rings. The van der Waals surface area contributed by atoms with Crippen molar-refractivity contribution < 1.29 is 8.42 Å². The number of nitrogens with one attached hydrogen (secondary N) is 1. The molecule has 2 rings (SSSR count). The van der Waals surface area contributed by atoms with E-state index < -0.39 is 10.0 Å². The van der Waals surface area contributed by atoms with Crippen molar-refractivity contribution in [3.05, 3.63) is 58.6 Å². The smallest absolute Gasteiger partial charge is 0.261 e. The standard InChI is InChI=1S/C15H17ClN2O2S/c1-11-14(16)3-2-4-15(11)18-21(19,20)13-7-5-12(6-8-13)9-10-17/h2-8,18H,9-10,17H2,1H3. The van der Waals surface area contributed by atoms with Crippen LogP contribution in [0.4, 0.5) is 5.69 Å². The summed E-state index contributed by atoms with van der Waals surface area (Å²) >= 11 is 6.00. The molecule has 2 aromatic rings. The van der Waals surface area contributed by atoms with E-state index in [0.717, 1.165) is 12.0 Å². The molecule has 0 unspecified atom stereocenters. The quantitative estimate of drug-likeness (QED) is 0.888. The van der Waals surface area contributed by atoms with Gasteiger partial charge in [-0.1, -0.05) is 29.8 Å². The number of nitrogens with two attached hydrogens (primary N) is 1. The van der Waals surface area contributed by atoms with E-state index in [4.69, 9.17) is 17.3 Å². The van der Waals surface area contributed by atoms with Crippen molar-refractivity contribution in [1.29, 1.82) is 0 Å². The van der Waals surface area contributed by atoms with Crippen LogP contribution >= 0.6 is 11.6 Å². The van der Waals surface area contributed by atoms with Crippen LogP contribution in [0, 0.1) is 6.92 Å². The lowest BCUT2D eigenvalue weighted by Crippen LogP contribution is -2.14. The Balaban J connectivity index is 2.27. The molecule has 0 aliphatic rings. The van der Waals surface area contributed by atoms with Gasteiger partial charge in [-0.15, -0.1) is 0 Å². The molecule has 0 saturated heterocycles. The first-order valence-electron chi connectivity index (χ1n) is 6.51. The third kappa shape index (κ3) is 3.75. The molecule has 0 radical (unpaired) electrons. The average molecular weight is 325 g/mol. The monoisotopic (exact) mass is 324 g/mol. The molecule has 0 atom stereocenters. The molecule has 6 heteroatoms. The number of hydrogen-bond donors (Lipinski definition) is 2. The molecular formula is C15H17ClN2O2S.